The Bertz CT molecular complexity index is 1190. The van der Waals surface area contributed by atoms with Crippen molar-refractivity contribution in [3.8, 4) is 17.0 Å². The number of nitrogens with zero attached hydrogens (tertiary/aromatic N) is 2. The first-order valence-corrected chi connectivity index (χ1v) is 9.84. The molecular weight excluding hydrogens is 396 g/mol. The zero-order valence-corrected chi connectivity index (χ0v) is 16.8. The van der Waals surface area contributed by atoms with E-state index in [0.29, 0.717) is 21.9 Å². The lowest BCUT2D eigenvalue weighted by atomic mass is 10.1. The van der Waals surface area contributed by atoms with Crippen molar-refractivity contribution in [1.29, 1.82) is 0 Å². The van der Waals surface area contributed by atoms with Crippen molar-refractivity contribution in [2.75, 3.05) is 12.4 Å². The molecule has 0 unspecified atom stereocenters. The van der Waals surface area contributed by atoms with Crippen LogP contribution in [0.15, 0.2) is 52.9 Å². The highest BCUT2D eigenvalue weighted by Gasteiger charge is 2.15. The number of aromatic amines is 1. The Hall–Kier alpha value is -2.90. The number of hydrogen-bond acceptors (Lipinski definition) is 6. The Morgan fingerprint density at radius 2 is 2.18 bits per heavy atom. The van der Waals surface area contributed by atoms with Crippen LogP contribution >= 0.6 is 22.9 Å². The molecule has 0 radical (unpaired) electrons. The smallest absolute Gasteiger partial charge is 0.253 e. The van der Waals surface area contributed by atoms with E-state index in [1.54, 1.807) is 31.6 Å². The van der Waals surface area contributed by atoms with Crippen LogP contribution in [0.1, 0.15) is 18.5 Å². The first-order chi connectivity index (χ1) is 13.5. The third-order valence-corrected chi connectivity index (χ3v) is 5.48. The minimum absolute atomic E-state index is 0.166. The Morgan fingerprint density at radius 3 is 2.93 bits per heavy atom. The van der Waals surface area contributed by atoms with Gasteiger partial charge < -0.3 is 15.0 Å². The summed E-state index contributed by atoms with van der Waals surface area (Å²) in [6, 6.07) is 8.95. The number of anilines is 1. The molecule has 28 heavy (non-hydrogen) atoms. The van der Waals surface area contributed by atoms with Crippen LogP contribution in [0.5, 0.6) is 5.75 Å². The van der Waals surface area contributed by atoms with Gasteiger partial charge in [0.2, 0.25) is 0 Å². The Labute approximate surface area is 170 Å². The predicted molar refractivity (Wildman–Crippen MR) is 114 cm³/mol. The molecule has 0 aliphatic heterocycles. The third-order valence-electron chi connectivity index (χ3n) is 4.41. The first-order valence-electron chi connectivity index (χ1n) is 8.58. The Balaban J connectivity index is 1.62. The topological polar surface area (TPSA) is 79.9 Å². The summed E-state index contributed by atoms with van der Waals surface area (Å²) >= 11 is 7.70. The van der Waals surface area contributed by atoms with Gasteiger partial charge in [-0.25, -0.2) is 4.98 Å². The maximum atomic E-state index is 12.6. The number of aromatic nitrogens is 3. The Morgan fingerprint density at radius 1 is 1.32 bits per heavy atom. The maximum absolute atomic E-state index is 12.6. The largest absolute Gasteiger partial charge is 0.495 e. The van der Waals surface area contributed by atoms with Gasteiger partial charge in [0.05, 0.1) is 29.4 Å². The lowest BCUT2D eigenvalue weighted by Gasteiger charge is -2.14. The van der Waals surface area contributed by atoms with Crippen LogP contribution in [0.25, 0.3) is 22.2 Å². The van der Waals surface area contributed by atoms with Crippen molar-refractivity contribution in [3.63, 3.8) is 0 Å². The molecule has 142 valence electrons. The van der Waals surface area contributed by atoms with Gasteiger partial charge in [0, 0.05) is 40.4 Å². The molecule has 0 amide bonds. The standard InChI is InChI=1S/C20H17ClN4O2S/c1-11(23-20-25-17(10-28-20)12-4-3-5-22-9-12)14-6-13-7-15(21)18(27-2)8-16(13)24-19(14)26/h3-11H,1-2H3,(H,23,25)(H,24,26)/t11-/m0/s1. The second-order valence-corrected chi connectivity index (χ2v) is 7.54. The quantitative estimate of drug-likeness (QED) is 0.488. The lowest BCUT2D eigenvalue weighted by molar-refractivity contribution is 0.415. The van der Waals surface area contributed by atoms with Crippen LogP contribution < -0.4 is 15.6 Å². The van der Waals surface area contributed by atoms with Gasteiger partial charge in [-0.3, -0.25) is 9.78 Å². The molecule has 0 aliphatic rings. The average molecular weight is 413 g/mol. The van der Waals surface area contributed by atoms with Crippen molar-refractivity contribution < 1.29 is 4.74 Å². The molecule has 4 rings (SSSR count). The predicted octanol–water partition coefficient (Wildman–Crippen LogP) is 4.88. The lowest BCUT2D eigenvalue weighted by Crippen LogP contribution is -2.19. The number of pyridine rings is 2. The third kappa shape index (κ3) is 3.58. The minimum atomic E-state index is -0.234. The van der Waals surface area contributed by atoms with Crippen LogP contribution in [0.4, 0.5) is 5.13 Å². The summed E-state index contributed by atoms with van der Waals surface area (Å²) in [7, 11) is 1.54. The fourth-order valence-electron chi connectivity index (χ4n) is 2.95. The van der Waals surface area contributed by atoms with Crippen LogP contribution in [0, 0.1) is 0 Å². The number of rotatable bonds is 5. The van der Waals surface area contributed by atoms with Gasteiger partial charge in [-0.15, -0.1) is 11.3 Å². The van der Waals surface area contributed by atoms with Gasteiger partial charge in [0.1, 0.15) is 5.75 Å². The average Bonchev–Trinajstić information content (AvgIpc) is 3.16. The fraction of sp³-hybridized carbons (Fsp3) is 0.150. The zero-order valence-electron chi connectivity index (χ0n) is 15.2. The zero-order chi connectivity index (χ0) is 19.7. The monoisotopic (exact) mass is 412 g/mol. The number of ether oxygens (including phenoxy) is 1. The van der Waals surface area contributed by atoms with Crippen molar-refractivity contribution >= 4 is 39.0 Å². The number of H-pyrrole nitrogens is 1. The van der Waals surface area contributed by atoms with Crippen molar-refractivity contribution in [2.24, 2.45) is 0 Å². The van der Waals surface area contributed by atoms with Crippen molar-refractivity contribution in [3.05, 3.63) is 69.0 Å². The van der Waals surface area contributed by atoms with E-state index in [2.05, 4.69) is 20.3 Å². The molecule has 0 spiro atoms. The number of fused-ring (bicyclic) bond motifs is 1. The van der Waals surface area contributed by atoms with Gasteiger partial charge in [-0.1, -0.05) is 11.6 Å². The number of hydrogen-bond donors (Lipinski definition) is 2. The van der Waals surface area contributed by atoms with E-state index >= 15 is 0 Å². The number of halogens is 1. The van der Waals surface area contributed by atoms with Crippen LogP contribution in [-0.2, 0) is 0 Å². The molecule has 1 atom stereocenters. The van der Waals surface area contributed by atoms with Crippen LogP contribution in [0.3, 0.4) is 0 Å². The highest BCUT2D eigenvalue weighted by Crippen LogP contribution is 2.30. The molecule has 4 aromatic rings. The molecule has 2 N–H and O–H groups in total. The summed E-state index contributed by atoms with van der Waals surface area (Å²) in [5, 5.41) is 7.33. The van der Waals surface area contributed by atoms with Gasteiger partial charge in [-0.2, -0.15) is 0 Å². The minimum Gasteiger partial charge on any atom is -0.495 e. The first kappa shape index (κ1) is 18.5. The van der Waals surface area contributed by atoms with E-state index in [4.69, 9.17) is 16.3 Å². The molecule has 0 aliphatic carbocycles. The molecule has 1 aromatic carbocycles. The second-order valence-electron chi connectivity index (χ2n) is 6.27. The summed E-state index contributed by atoms with van der Waals surface area (Å²) < 4.78 is 5.21. The van der Waals surface area contributed by atoms with Crippen molar-refractivity contribution in [2.45, 2.75) is 13.0 Å². The second kappa shape index (κ2) is 7.61. The molecule has 3 aromatic heterocycles. The molecule has 0 saturated carbocycles. The fourth-order valence-corrected chi connectivity index (χ4v) is 4.01. The van der Waals surface area contributed by atoms with Gasteiger partial charge in [0.25, 0.3) is 5.56 Å². The van der Waals surface area contributed by atoms with E-state index in [-0.39, 0.29) is 11.6 Å². The van der Waals surface area contributed by atoms with Gasteiger partial charge in [0.15, 0.2) is 5.13 Å². The summed E-state index contributed by atoms with van der Waals surface area (Å²) in [6.45, 7) is 1.92. The summed E-state index contributed by atoms with van der Waals surface area (Å²) in [5.74, 6) is 0.523. The highest BCUT2D eigenvalue weighted by molar-refractivity contribution is 7.14. The number of methoxy groups -OCH3 is 1. The van der Waals surface area contributed by atoms with E-state index in [9.17, 15) is 4.79 Å². The number of nitrogens with one attached hydrogen (secondary N) is 2. The maximum Gasteiger partial charge on any atom is 0.253 e. The normalized spacial score (nSPS) is 12.1. The summed E-state index contributed by atoms with van der Waals surface area (Å²) in [6.07, 6.45) is 3.50. The van der Waals surface area contributed by atoms with Gasteiger partial charge in [-0.05, 0) is 31.2 Å². The van der Waals surface area contributed by atoms with E-state index < -0.39 is 0 Å². The Kier molecular flexibility index (Phi) is 5.02. The summed E-state index contributed by atoms with van der Waals surface area (Å²) in [5.41, 5.74) is 2.91. The SMILES string of the molecule is COc1cc2[nH]c(=O)c([C@H](C)Nc3nc(-c4cccnc4)cs3)cc2cc1Cl. The van der Waals surface area contributed by atoms with Gasteiger partial charge >= 0.3 is 0 Å². The van der Waals surface area contributed by atoms with E-state index in [1.807, 2.05) is 30.5 Å². The molecule has 0 saturated heterocycles. The molecule has 6 nitrogen and oxygen atoms in total. The van der Waals surface area contributed by atoms with Crippen molar-refractivity contribution in [1.82, 2.24) is 15.0 Å². The van der Waals surface area contributed by atoms with Crippen LogP contribution in [-0.4, -0.2) is 22.1 Å². The molecular formula is C20H17ClN4O2S. The molecule has 0 fully saturated rings. The number of benzene rings is 1. The molecule has 8 heteroatoms. The molecule has 3 heterocycles. The van der Waals surface area contributed by atoms with E-state index in [1.165, 1.54) is 11.3 Å². The highest BCUT2D eigenvalue weighted by atomic mass is 35.5. The molecule has 0 bridgehead atoms. The van der Waals surface area contributed by atoms with Crippen LogP contribution in [0.2, 0.25) is 5.02 Å². The number of thiazole rings is 1. The summed E-state index contributed by atoms with van der Waals surface area (Å²) in [4.78, 5) is 24.2. The van der Waals surface area contributed by atoms with E-state index in [0.717, 1.165) is 21.8 Å².